The molecule has 134 valence electrons. The lowest BCUT2D eigenvalue weighted by Gasteiger charge is -2.16. The van der Waals surface area contributed by atoms with E-state index >= 15 is 0 Å². The highest BCUT2D eigenvalue weighted by molar-refractivity contribution is 6.21. The summed E-state index contributed by atoms with van der Waals surface area (Å²) in [5.41, 5.74) is 1.18. The van der Waals surface area contributed by atoms with Crippen LogP contribution in [0.5, 0.6) is 0 Å². The number of nitrogens with one attached hydrogen (secondary N) is 2. The van der Waals surface area contributed by atoms with Gasteiger partial charge in [0.25, 0.3) is 11.8 Å². The molecule has 1 aromatic heterocycles. The lowest BCUT2D eigenvalue weighted by molar-refractivity contribution is -0.141. The second-order valence-corrected chi connectivity index (χ2v) is 5.80. The number of imide groups is 1. The minimum Gasteiger partial charge on any atom is -0.480 e. The highest BCUT2D eigenvalue weighted by atomic mass is 16.4. The number of hydrogen-bond donors (Lipinski definition) is 3. The molecule has 3 rings (SSSR count). The number of rotatable bonds is 7. The third-order valence-electron chi connectivity index (χ3n) is 4.05. The SMILES string of the molecule is O=C(CCN1C(=O)c2ccccc2C1=O)N[C@H](Cc1cnc[nH]1)C(=O)O. The van der Waals surface area contributed by atoms with Crippen LogP contribution in [0.3, 0.4) is 0 Å². The van der Waals surface area contributed by atoms with Gasteiger partial charge in [0.15, 0.2) is 0 Å². The third-order valence-corrected chi connectivity index (χ3v) is 4.05. The van der Waals surface area contributed by atoms with Gasteiger partial charge in [-0.25, -0.2) is 9.78 Å². The minimum atomic E-state index is -1.19. The molecule has 0 radical (unpaired) electrons. The number of carbonyl (C=O) groups excluding carboxylic acids is 3. The molecule has 1 aromatic carbocycles. The first-order valence-electron chi connectivity index (χ1n) is 7.92. The molecule has 0 aliphatic carbocycles. The normalized spacial score (nSPS) is 14.2. The summed E-state index contributed by atoms with van der Waals surface area (Å²) >= 11 is 0. The van der Waals surface area contributed by atoms with Crippen LogP contribution in [0, 0.1) is 0 Å². The number of amides is 3. The van der Waals surface area contributed by atoms with Gasteiger partial charge in [-0.3, -0.25) is 19.3 Å². The highest BCUT2D eigenvalue weighted by Crippen LogP contribution is 2.22. The smallest absolute Gasteiger partial charge is 0.326 e. The maximum Gasteiger partial charge on any atom is 0.326 e. The number of carboxylic acids is 1. The molecule has 2 aromatic rings. The largest absolute Gasteiger partial charge is 0.480 e. The summed E-state index contributed by atoms with van der Waals surface area (Å²) in [5, 5.41) is 11.6. The van der Waals surface area contributed by atoms with Crippen LogP contribution in [0.25, 0.3) is 0 Å². The Hall–Kier alpha value is -3.49. The maximum atomic E-state index is 12.2. The molecular weight excluding hydrogens is 340 g/mol. The molecule has 26 heavy (non-hydrogen) atoms. The van der Waals surface area contributed by atoms with Gasteiger partial charge in [0.1, 0.15) is 6.04 Å². The fraction of sp³-hybridized carbons (Fsp3) is 0.235. The van der Waals surface area contributed by atoms with E-state index in [1.165, 1.54) is 12.5 Å². The zero-order chi connectivity index (χ0) is 18.7. The topological polar surface area (TPSA) is 132 Å². The van der Waals surface area contributed by atoms with Crippen molar-refractivity contribution in [3.8, 4) is 0 Å². The van der Waals surface area contributed by atoms with Gasteiger partial charge in [0, 0.05) is 31.3 Å². The van der Waals surface area contributed by atoms with Gasteiger partial charge < -0.3 is 15.4 Å². The molecule has 2 heterocycles. The van der Waals surface area contributed by atoms with E-state index in [1.807, 2.05) is 0 Å². The Labute approximate surface area is 148 Å². The van der Waals surface area contributed by atoms with Crippen LogP contribution in [0.1, 0.15) is 32.8 Å². The molecule has 0 bridgehead atoms. The van der Waals surface area contributed by atoms with Gasteiger partial charge in [0.2, 0.25) is 5.91 Å². The Morgan fingerprint density at radius 1 is 1.19 bits per heavy atom. The number of carboxylic acid groups (broad SMARTS) is 1. The predicted octanol–water partition coefficient (Wildman–Crippen LogP) is 0.208. The second-order valence-electron chi connectivity index (χ2n) is 5.80. The van der Waals surface area contributed by atoms with Gasteiger partial charge in [-0.2, -0.15) is 0 Å². The molecule has 0 spiro atoms. The Morgan fingerprint density at radius 3 is 2.38 bits per heavy atom. The molecule has 0 saturated carbocycles. The molecular formula is C17H16N4O5. The van der Waals surface area contributed by atoms with E-state index in [0.717, 1.165) is 4.90 Å². The van der Waals surface area contributed by atoms with Crippen LogP contribution >= 0.6 is 0 Å². The third kappa shape index (κ3) is 3.46. The summed E-state index contributed by atoms with van der Waals surface area (Å²) < 4.78 is 0. The number of aromatic amines is 1. The van der Waals surface area contributed by atoms with E-state index in [1.54, 1.807) is 24.3 Å². The van der Waals surface area contributed by atoms with Crippen molar-refractivity contribution < 1.29 is 24.3 Å². The standard InChI is InChI=1S/C17H16N4O5/c22-14(20-13(17(25)26)7-10-8-18-9-19-10)5-6-21-15(23)11-3-1-2-4-12(11)16(21)24/h1-4,8-9,13H,5-7H2,(H,18,19)(H,20,22)(H,25,26)/t13-/m1/s1. The molecule has 1 aliphatic heterocycles. The summed E-state index contributed by atoms with van der Waals surface area (Å²) in [6.07, 6.45) is 2.76. The summed E-state index contributed by atoms with van der Waals surface area (Å²) in [6.45, 7) is -0.116. The van der Waals surface area contributed by atoms with Gasteiger partial charge in [-0.1, -0.05) is 12.1 Å². The summed E-state index contributed by atoms with van der Waals surface area (Å²) in [5.74, 6) is -2.65. The zero-order valence-electron chi connectivity index (χ0n) is 13.6. The number of carbonyl (C=O) groups is 4. The first-order valence-corrected chi connectivity index (χ1v) is 7.92. The number of nitrogens with zero attached hydrogens (tertiary/aromatic N) is 2. The molecule has 0 unspecified atom stereocenters. The van der Waals surface area contributed by atoms with Crippen molar-refractivity contribution in [1.82, 2.24) is 20.2 Å². The van der Waals surface area contributed by atoms with E-state index < -0.39 is 29.7 Å². The second kappa shape index (κ2) is 7.18. The molecule has 3 amide bonds. The van der Waals surface area contributed by atoms with E-state index in [2.05, 4.69) is 15.3 Å². The summed E-state index contributed by atoms with van der Waals surface area (Å²) in [7, 11) is 0. The van der Waals surface area contributed by atoms with Crippen molar-refractivity contribution in [2.75, 3.05) is 6.54 Å². The van der Waals surface area contributed by atoms with E-state index in [-0.39, 0.29) is 19.4 Å². The van der Waals surface area contributed by atoms with E-state index in [0.29, 0.717) is 16.8 Å². The average molecular weight is 356 g/mol. The van der Waals surface area contributed by atoms with Gasteiger partial charge in [0.05, 0.1) is 17.5 Å². The first-order chi connectivity index (χ1) is 12.5. The molecule has 3 N–H and O–H groups in total. The average Bonchev–Trinajstić information content (AvgIpc) is 3.21. The van der Waals surface area contributed by atoms with Gasteiger partial charge >= 0.3 is 5.97 Å². The number of H-pyrrole nitrogens is 1. The van der Waals surface area contributed by atoms with Gasteiger partial charge in [-0.05, 0) is 12.1 Å². The van der Waals surface area contributed by atoms with Crippen molar-refractivity contribution in [2.24, 2.45) is 0 Å². The lowest BCUT2D eigenvalue weighted by Crippen LogP contribution is -2.43. The Kier molecular flexibility index (Phi) is 4.78. The zero-order valence-corrected chi connectivity index (χ0v) is 13.6. The Balaban J connectivity index is 1.58. The van der Waals surface area contributed by atoms with Crippen LogP contribution in [0.15, 0.2) is 36.8 Å². The summed E-state index contributed by atoms with van der Waals surface area (Å²) in [4.78, 5) is 55.4. The maximum absolute atomic E-state index is 12.2. The van der Waals surface area contributed by atoms with E-state index in [9.17, 15) is 24.3 Å². The fourth-order valence-electron chi connectivity index (χ4n) is 2.74. The molecule has 1 aliphatic rings. The molecule has 1 atom stereocenters. The van der Waals surface area contributed by atoms with Crippen molar-refractivity contribution in [3.05, 3.63) is 53.6 Å². The van der Waals surface area contributed by atoms with Crippen LogP contribution in [-0.2, 0) is 16.0 Å². The number of aliphatic carboxylic acids is 1. The highest BCUT2D eigenvalue weighted by Gasteiger charge is 2.35. The summed E-state index contributed by atoms with van der Waals surface area (Å²) in [6, 6.07) is 5.30. The van der Waals surface area contributed by atoms with Crippen molar-refractivity contribution in [2.45, 2.75) is 18.9 Å². The quantitative estimate of drug-likeness (QED) is 0.608. The van der Waals surface area contributed by atoms with Crippen molar-refractivity contribution in [1.29, 1.82) is 0 Å². The predicted molar refractivity (Wildman–Crippen MR) is 88.3 cm³/mol. The van der Waals surface area contributed by atoms with Crippen LogP contribution in [0.4, 0.5) is 0 Å². The van der Waals surface area contributed by atoms with Gasteiger partial charge in [-0.15, -0.1) is 0 Å². The Morgan fingerprint density at radius 2 is 1.85 bits per heavy atom. The first kappa shape index (κ1) is 17.3. The van der Waals surface area contributed by atoms with Crippen LogP contribution in [-0.4, -0.2) is 56.3 Å². The number of imidazole rings is 1. The Bertz CT molecular complexity index is 827. The number of hydrogen-bond acceptors (Lipinski definition) is 5. The van der Waals surface area contributed by atoms with Crippen molar-refractivity contribution >= 4 is 23.7 Å². The van der Waals surface area contributed by atoms with Crippen molar-refractivity contribution in [3.63, 3.8) is 0 Å². The van der Waals surface area contributed by atoms with E-state index in [4.69, 9.17) is 0 Å². The number of fused-ring (bicyclic) bond motifs is 1. The van der Waals surface area contributed by atoms with Crippen LogP contribution in [0.2, 0.25) is 0 Å². The monoisotopic (exact) mass is 356 g/mol. The molecule has 9 heteroatoms. The lowest BCUT2D eigenvalue weighted by atomic mass is 10.1. The number of benzene rings is 1. The van der Waals surface area contributed by atoms with Crippen LogP contribution < -0.4 is 5.32 Å². The fourth-order valence-corrected chi connectivity index (χ4v) is 2.74. The molecule has 0 saturated heterocycles. The number of aromatic nitrogens is 2. The minimum absolute atomic E-state index is 0.0497. The molecule has 0 fully saturated rings. The molecule has 9 nitrogen and oxygen atoms in total.